The van der Waals surface area contributed by atoms with Gasteiger partial charge in [-0.15, -0.1) is 10.2 Å². The zero-order chi connectivity index (χ0) is 12.1. The molecule has 0 aromatic carbocycles. The van der Waals surface area contributed by atoms with Gasteiger partial charge in [-0.05, 0) is 12.8 Å². The van der Waals surface area contributed by atoms with Crippen molar-refractivity contribution in [1.82, 2.24) is 15.5 Å². The van der Waals surface area contributed by atoms with Crippen LogP contribution < -0.4 is 10.6 Å². The van der Waals surface area contributed by atoms with Crippen LogP contribution in [-0.4, -0.2) is 28.6 Å². The van der Waals surface area contributed by atoms with Gasteiger partial charge in [-0.1, -0.05) is 25.2 Å². The van der Waals surface area contributed by atoms with Gasteiger partial charge in [0.25, 0.3) is 0 Å². The molecular formula is C9H14N4O2S. The third-order valence-corrected chi connectivity index (χ3v) is 2.38. The second kappa shape index (κ2) is 5.55. The largest absolute Gasteiger partial charge is 0.348 e. The maximum Gasteiger partial charge on any atom is 0.315 e. The maximum atomic E-state index is 11.3. The number of rotatable bonds is 3. The summed E-state index contributed by atoms with van der Waals surface area (Å²) < 4.78 is 0. The van der Waals surface area contributed by atoms with Crippen LogP contribution >= 0.6 is 11.3 Å². The summed E-state index contributed by atoms with van der Waals surface area (Å²) in [6.07, 6.45) is 0. The van der Waals surface area contributed by atoms with E-state index >= 15 is 0 Å². The molecule has 0 fully saturated rings. The molecule has 1 aromatic heterocycles. The number of carbonyl (C=O) groups excluding carboxylic acids is 2. The van der Waals surface area contributed by atoms with Crippen LogP contribution in [0.3, 0.4) is 0 Å². The van der Waals surface area contributed by atoms with Crippen molar-refractivity contribution < 1.29 is 9.59 Å². The van der Waals surface area contributed by atoms with Gasteiger partial charge in [0.05, 0.1) is 0 Å². The molecule has 2 N–H and O–H groups in total. The number of aryl methyl sites for hydroxylation is 1. The molecule has 88 valence electrons. The van der Waals surface area contributed by atoms with Gasteiger partial charge in [0, 0.05) is 6.54 Å². The standard InChI is InChI=1S/C9H14N4O2S/c1-5(2)4-10-7(14)8(15)11-9-13-12-6(3)16-9/h5H,4H2,1-3H3,(H,10,14)(H,11,13,15). The molecule has 0 saturated heterocycles. The van der Waals surface area contributed by atoms with E-state index in [-0.39, 0.29) is 0 Å². The molecule has 0 aliphatic rings. The van der Waals surface area contributed by atoms with E-state index in [4.69, 9.17) is 0 Å². The molecule has 1 rings (SSSR count). The highest BCUT2D eigenvalue weighted by Crippen LogP contribution is 2.12. The predicted molar refractivity (Wildman–Crippen MR) is 61.1 cm³/mol. The van der Waals surface area contributed by atoms with Crippen molar-refractivity contribution >= 4 is 28.3 Å². The van der Waals surface area contributed by atoms with E-state index in [9.17, 15) is 9.59 Å². The minimum atomic E-state index is -0.711. The average Bonchev–Trinajstić information content (AvgIpc) is 2.60. The average molecular weight is 242 g/mol. The lowest BCUT2D eigenvalue weighted by Gasteiger charge is -2.06. The lowest BCUT2D eigenvalue weighted by molar-refractivity contribution is -0.136. The zero-order valence-corrected chi connectivity index (χ0v) is 10.2. The number of hydrogen-bond donors (Lipinski definition) is 2. The second-order valence-corrected chi connectivity index (χ2v) is 4.87. The van der Waals surface area contributed by atoms with Gasteiger partial charge in [-0.2, -0.15) is 0 Å². The summed E-state index contributed by atoms with van der Waals surface area (Å²) in [6.45, 7) is 6.14. The molecule has 6 nitrogen and oxygen atoms in total. The Hall–Kier alpha value is -1.50. The fourth-order valence-electron chi connectivity index (χ4n) is 0.878. The summed E-state index contributed by atoms with van der Waals surface area (Å²) in [6, 6.07) is 0. The van der Waals surface area contributed by atoms with Crippen molar-refractivity contribution in [2.24, 2.45) is 5.92 Å². The van der Waals surface area contributed by atoms with Gasteiger partial charge in [0.2, 0.25) is 5.13 Å². The summed E-state index contributed by atoms with van der Waals surface area (Å²) in [7, 11) is 0. The van der Waals surface area contributed by atoms with Crippen LogP contribution in [-0.2, 0) is 9.59 Å². The van der Waals surface area contributed by atoms with Crippen LogP contribution in [0.25, 0.3) is 0 Å². The van der Waals surface area contributed by atoms with Gasteiger partial charge in [0.15, 0.2) is 0 Å². The molecule has 0 radical (unpaired) electrons. The number of nitrogens with zero attached hydrogens (tertiary/aromatic N) is 2. The Morgan fingerprint density at radius 2 is 2.00 bits per heavy atom. The fraction of sp³-hybridized carbons (Fsp3) is 0.556. The number of hydrogen-bond acceptors (Lipinski definition) is 5. The Morgan fingerprint density at radius 1 is 1.31 bits per heavy atom. The van der Waals surface area contributed by atoms with Gasteiger partial charge in [-0.3, -0.25) is 14.9 Å². The minimum Gasteiger partial charge on any atom is -0.348 e. The van der Waals surface area contributed by atoms with Crippen molar-refractivity contribution in [1.29, 1.82) is 0 Å². The number of anilines is 1. The smallest absolute Gasteiger partial charge is 0.315 e. The van der Waals surface area contributed by atoms with E-state index in [1.165, 1.54) is 11.3 Å². The van der Waals surface area contributed by atoms with E-state index in [1.807, 2.05) is 13.8 Å². The quantitative estimate of drug-likeness (QED) is 0.758. The highest BCUT2D eigenvalue weighted by molar-refractivity contribution is 7.15. The van der Waals surface area contributed by atoms with Crippen molar-refractivity contribution in [3.8, 4) is 0 Å². The molecule has 16 heavy (non-hydrogen) atoms. The second-order valence-electron chi connectivity index (χ2n) is 3.68. The first-order valence-corrected chi connectivity index (χ1v) is 5.70. The molecule has 0 aliphatic heterocycles. The fourth-order valence-corrected chi connectivity index (χ4v) is 1.46. The SMILES string of the molecule is Cc1nnc(NC(=O)C(=O)NCC(C)C)s1. The molecule has 0 saturated carbocycles. The van der Waals surface area contributed by atoms with Crippen LogP contribution in [0, 0.1) is 12.8 Å². The van der Waals surface area contributed by atoms with Crippen molar-refractivity contribution in [2.75, 3.05) is 11.9 Å². The molecule has 0 atom stereocenters. The highest BCUT2D eigenvalue weighted by Gasteiger charge is 2.15. The topological polar surface area (TPSA) is 84.0 Å². The van der Waals surface area contributed by atoms with Crippen LogP contribution in [0.4, 0.5) is 5.13 Å². The van der Waals surface area contributed by atoms with Gasteiger partial charge < -0.3 is 5.32 Å². The lowest BCUT2D eigenvalue weighted by Crippen LogP contribution is -2.37. The van der Waals surface area contributed by atoms with Crippen molar-refractivity contribution in [2.45, 2.75) is 20.8 Å². The molecule has 0 unspecified atom stereocenters. The Bertz CT molecular complexity index is 389. The first-order chi connectivity index (χ1) is 7.49. The van der Waals surface area contributed by atoms with Crippen molar-refractivity contribution in [3.05, 3.63) is 5.01 Å². The molecular weight excluding hydrogens is 228 g/mol. The molecule has 1 heterocycles. The van der Waals surface area contributed by atoms with Crippen LogP contribution in [0.15, 0.2) is 0 Å². The summed E-state index contributed by atoms with van der Waals surface area (Å²) in [5.74, 6) is -1.06. The molecule has 2 amide bonds. The Kier molecular flexibility index (Phi) is 4.36. The first-order valence-electron chi connectivity index (χ1n) is 4.88. The summed E-state index contributed by atoms with van der Waals surface area (Å²) in [5, 5.41) is 13.4. The number of aromatic nitrogens is 2. The Morgan fingerprint density at radius 3 is 2.50 bits per heavy atom. The predicted octanol–water partition coefficient (Wildman–Crippen LogP) is 0.557. The molecule has 1 aromatic rings. The Balaban J connectivity index is 2.43. The third kappa shape index (κ3) is 3.93. The van der Waals surface area contributed by atoms with Gasteiger partial charge in [-0.25, -0.2) is 0 Å². The summed E-state index contributed by atoms with van der Waals surface area (Å²) >= 11 is 1.22. The van der Waals surface area contributed by atoms with E-state index in [0.717, 1.165) is 5.01 Å². The normalized spacial score (nSPS) is 10.2. The number of nitrogens with one attached hydrogen (secondary N) is 2. The van der Waals surface area contributed by atoms with Crippen LogP contribution in [0.5, 0.6) is 0 Å². The summed E-state index contributed by atoms with van der Waals surface area (Å²) in [5.41, 5.74) is 0. The van der Waals surface area contributed by atoms with E-state index in [2.05, 4.69) is 20.8 Å². The minimum absolute atomic E-state index is 0.306. The van der Waals surface area contributed by atoms with Crippen LogP contribution in [0.1, 0.15) is 18.9 Å². The van der Waals surface area contributed by atoms with E-state index in [0.29, 0.717) is 17.6 Å². The van der Waals surface area contributed by atoms with E-state index < -0.39 is 11.8 Å². The van der Waals surface area contributed by atoms with Gasteiger partial charge >= 0.3 is 11.8 Å². The third-order valence-electron chi connectivity index (χ3n) is 1.62. The molecule has 0 spiro atoms. The summed E-state index contributed by atoms with van der Waals surface area (Å²) in [4.78, 5) is 22.6. The molecule has 0 aliphatic carbocycles. The van der Waals surface area contributed by atoms with Crippen LogP contribution in [0.2, 0.25) is 0 Å². The first kappa shape index (κ1) is 12.6. The number of carbonyl (C=O) groups is 2. The zero-order valence-electron chi connectivity index (χ0n) is 9.40. The van der Waals surface area contributed by atoms with Gasteiger partial charge in [0.1, 0.15) is 5.01 Å². The Labute approximate surface area is 97.5 Å². The lowest BCUT2D eigenvalue weighted by atomic mass is 10.2. The monoisotopic (exact) mass is 242 g/mol. The molecule has 7 heteroatoms. The van der Waals surface area contributed by atoms with E-state index in [1.54, 1.807) is 6.92 Å². The highest BCUT2D eigenvalue weighted by atomic mass is 32.1. The molecule has 0 bridgehead atoms. The maximum absolute atomic E-state index is 11.3. The number of amides is 2. The van der Waals surface area contributed by atoms with Crippen molar-refractivity contribution in [3.63, 3.8) is 0 Å².